The van der Waals surface area contributed by atoms with Gasteiger partial charge in [0.25, 0.3) is 5.91 Å². The van der Waals surface area contributed by atoms with Crippen LogP contribution in [0.5, 0.6) is 11.5 Å². The molecule has 146 valence electrons. The monoisotopic (exact) mass is 418 g/mol. The molecule has 0 saturated carbocycles. The van der Waals surface area contributed by atoms with Crippen LogP contribution in [0.4, 0.5) is 5.69 Å². The second-order valence-electron chi connectivity index (χ2n) is 6.34. The van der Waals surface area contributed by atoms with Crippen molar-refractivity contribution in [2.45, 2.75) is 13.8 Å². The summed E-state index contributed by atoms with van der Waals surface area (Å²) in [7, 11) is 1.53. The molecule has 5 nitrogen and oxygen atoms in total. The van der Waals surface area contributed by atoms with Crippen LogP contribution in [0.3, 0.4) is 0 Å². The summed E-state index contributed by atoms with van der Waals surface area (Å²) in [5, 5.41) is 12.5. The van der Waals surface area contributed by atoms with Gasteiger partial charge < -0.3 is 14.8 Å². The van der Waals surface area contributed by atoms with Gasteiger partial charge in [-0.25, -0.2) is 0 Å². The van der Waals surface area contributed by atoms with Gasteiger partial charge in [0, 0.05) is 0 Å². The van der Waals surface area contributed by atoms with Crippen LogP contribution in [-0.2, 0) is 4.79 Å². The Balaban J connectivity index is 2.24. The molecule has 0 bridgehead atoms. The number of anilines is 1. The van der Waals surface area contributed by atoms with E-state index in [0.29, 0.717) is 40.3 Å². The van der Waals surface area contributed by atoms with E-state index < -0.39 is 5.91 Å². The average Bonchev–Trinajstić information content (AvgIpc) is 2.68. The van der Waals surface area contributed by atoms with Gasteiger partial charge in [0.05, 0.1) is 29.4 Å². The number of nitrogens with one attached hydrogen (secondary N) is 1. The molecule has 0 unspecified atom stereocenters. The second kappa shape index (κ2) is 10.0. The topological polar surface area (TPSA) is 71.3 Å². The summed E-state index contributed by atoms with van der Waals surface area (Å²) in [6.45, 7) is 4.65. The van der Waals surface area contributed by atoms with Gasteiger partial charge in [-0.05, 0) is 41.8 Å². The highest BCUT2D eigenvalue weighted by atomic mass is 35.5. The van der Waals surface area contributed by atoms with Crippen molar-refractivity contribution in [3.8, 4) is 17.6 Å². The van der Waals surface area contributed by atoms with E-state index in [0.717, 1.165) is 0 Å². The number of amides is 1. The number of hydrogen-bond donors (Lipinski definition) is 1. The average molecular weight is 419 g/mol. The first-order chi connectivity index (χ1) is 13.3. The zero-order valence-corrected chi connectivity index (χ0v) is 17.3. The molecule has 0 saturated heterocycles. The fraction of sp³-hybridized carbons (Fsp3) is 0.238. The number of rotatable bonds is 7. The minimum atomic E-state index is -0.592. The molecule has 0 atom stereocenters. The first kappa shape index (κ1) is 21.6. The fourth-order valence-corrected chi connectivity index (χ4v) is 2.60. The zero-order valence-electron chi connectivity index (χ0n) is 15.8. The fourth-order valence-electron chi connectivity index (χ4n) is 2.25. The molecule has 0 aromatic heterocycles. The van der Waals surface area contributed by atoms with Gasteiger partial charge in [0.15, 0.2) is 11.5 Å². The molecule has 0 aliphatic heterocycles. The maximum atomic E-state index is 12.5. The molecule has 0 radical (unpaired) electrons. The molecule has 0 aliphatic rings. The molecule has 0 aliphatic carbocycles. The molecule has 1 N–H and O–H groups in total. The van der Waals surface area contributed by atoms with Crippen LogP contribution in [0.25, 0.3) is 6.08 Å². The predicted molar refractivity (Wildman–Crippen MR) is 112 cm³/mol. The van der Waals surface area contributed by atoms with Gasteiger partial charge in [0.1, 0.15) is 11.6 Å². The summed E-state index contributed by atoms with van der Waals surface area (Å²) in [6.07, 6.45) is 1.46. The van der Waals surface area contributed by atoms with Gasteiger partial charge in [-0.2, -0.15) is 5.26 Å². The quantitative estimate of drug-likeness (QED) is 0.470. The number of nitrogens with zero attached hydrogens (tertiary/aromatic N) is 1. The summed E-state index contributed by atoms with van der Waals surface area (Å²) < 4.78 is 11.1. The van der Waals surface area contributed by atoms with E-state index in [-0.39, 0.29) is 10.6 Å². The van der Waals surface area contributed by atoms with Crippen molar-refractivity contribution in [2.75, 3.05) is 19.0 Å². The minimum absolute atomic E-state index is 0.0889. The molecule has 2 aromatic rings. The molecule has 0 fully saturated rings. The Morgan fingerprint density at radius 1 is 1.25 bits per heavy atom. The largest absolute Gasteiger partial charge is 0.493 e. The molecule has 2 aromatic carbocycles. The van der Waals surface area contributed by atoms with Gasteiger partial charge in [0.2, 0.25) is 0 Å². The third-order valence-electron chi connectivity index (χ3n) is 3.64. The van der Waals surface area contributed by atoms with E-state index in [1.165, 1.54) is 13.2 Å². The van der Waals surface area contributed by atoms with E-state index in [9.17, 15) is 10.1 Å². The number of carbonyl (C=O) groups excluding carboxylic acids is 1. The zero-order chi connectivity index (χ0) is 20.7. The third kappa shape index (κ3) is 5.66. The number of carbonyl (C=O) groups is 1. The molecule has 7 heteroatoms. The van der Waals surface area contributed by atoms with Crippen LogP contribution >= 0.6 is 23.2 Å². The van der Waals surface area contributed by atoms with E-state index >= 15 is 0 Å². The van der Waals surface area contributed by atoms with Crippen LogP contribution < -0.4 is 14.8 Å². The Kier molecular flexibility index (Phi) is 7.74. The Bertz CT molecular complexity index is 934. The first-order valence-electron chi connectivity index (χ1n) is 8.53. The summed E-state index contributed by atoms with van der Waals surface area (Å²) >= 11 is 12.0. The van der Waals surface area contributed by atoms with E-state index in [2.05, 4.69) is 5.32 Å². The van der Waals surface area contributed by atoms with Crippen molar-refractivity contribution in [3.05, 3.63) is 57.6 Å². The molecule has 1 amide bonds. The lowest BCUT2D eigenvalue weighted by Gasteiger charge is -2.13. The molecule has 28 heavy (non-hydrogen) atoms. The Morgan fingerprint density at radius 2 is 2.00 bits per heavy atom. The van der Waals surface area contributed by atoms with Crippen molar-refractivity contribution < 1.29 is 14.3 Å². The number of methoxy groups -OCH3 is 1. The van der Waals surface area contributed by atoms with Crippen LogP contribution in [0, 0.1) is 17.2 Å². The molecule has 2 rings (SSSR count). The summed E-state index contributed by atoms with van der Waals surface area (Å²) in [5.41, 5.74) is 0.863. The number of ether oxygens (including phenoxy) is 2. The van der Waals surface area contributed by atoms with Crippen LogP contribution in [0.15, 0.2) is 42.0 Å². The van der Waals surface area contributed by atoms with E-state index in [1.807, 2.05) is 19.9 Å². The van der Waals surface area contributed by atoms with Gasteiger partial charge in [-0.15, -0.1) is 0 Å². The van der Waals surface area contributed by atoms with Crippen molar-refractivity contribution in [1.82, 2.24) is 0 Å². The summed E-state index contributed by atoms with van der Waals surface area (Å²) in [4.78, 5) is 12.5. The lowest BCUT2D eigenvalue weighted by molar-refractivity contribution is -0.112. The third-order valence-corrected chi connectivity index (χ3v) is 4.45. The first-order valence-corrected chi connectivity index (χ1v) is 9.29. The molecular weight excluding hydrogens is 399 g/mol. The Labute approximate surface area is 174 Å². The Hall–Kier alpha value is -2.68. The highest BCUT2D eigenvalue weighted by molar-refractivity contribution is 6.44. The number of halogens is 2. The van der Waals surface area contributed by atoms with Gasteiger partial charge in [-0.1, -0.05) is 49.2 Å². The standard InChI is InChI=1S/C21H20Cl2N2O3/c1-13(2)12-28-18-8-7-14(10-19(18)27-3)9-15(11-24)21(26)25-17-6-4-5-16(22)20(17)23/h4-10,13H,12H2,1-3H3,(H,25,26)/b15-9+. The maximum absolute atomic E-state index is 12.5. The van der Waals surface area contributed by atoms with Crippen molar-refractivity contribution in [1.29, 1.82) is 5.26 Å². The van der Waals surface area contributed by atoms with Crippen molar-refractivity contribution in [3.63, 3.8) is 0 Å². The number of nitriles is 1. The van der Waals surface area contributed by atoms with Crippen molar-refractivity contribution in [2.24, 2.45) is 5.92 Å². The van der Waals surface area contributed by atoms with Gasteiger partial charge in [-0.3, -0.25) is 4.79 Å². The highest BCUT2D eigenvalue weighted by Gasteiger charge is 2.14. The van der Waals surface area contributed by atoms with Crippen LogP contribution in [-0.4, -0.2) is 19.6 Å². The maximum Gasteiger partial charge on any atom is 0.266 e. The molecule has 0 heterocycles. The molecule has 0 spiro atoms. The summed E-state index contributed by atoms with van der Waals surface area (Å²) in [5.74, 6) is 0.897. The second-order valence-corrected chi connectivity index (χ2v) is 7.13. The molecular formula is C21H20Cl2N2O3. The van der Waals surface area contributed by atoms with Crippen molar-refractivity contribution >= 4 is 40.9 Å². The van der Waals surface area contributed by atoms with E-state index in [1.54, 1.807) is 36.4 Å². The highest BCUT2D eigenvalue weighted by Crippen LogP contribution is 2.31. The lowest BCUT2D eigenvalue weighted by Crippen LogP contribution is -2.13. The Morgan fingerprint density at radius 3 is 2.64 bits per heavy atom. The number of benzene rings is 2. The van der Waals surface area contributed by atoms with Crippen LogP contribution in [0.2, 0.25) is 10.0 Å². The predicted octanol–water partition coefficient (Wildman–Crippen LogP) is 5.58. The van der Waals surface area contributed by atoms with Crippen LogP contribution in [0.1, 0.15) is 19.4 Å². The number of hydrogen-bond acceptors (Lipinski definition) is 4. The minimum Gasteiger partial charge on any atom is -0.493 e. The lowest BCUT2D eigenvalue weighted by atomic mass is 10.1. The summed E-state index contributed by atoms with van der Waals surface area (Å²) in [6, 6.07) is 12.0. The normalized spacial score (nSPS) is 11.1. The van der Waals surface area contributed by atoms with E-state index in [4.69, 9.17) is 32.7 Å². The SMILES string of the molecule is COc1cc(/C=C(\C#N)C(=O)Nc2cccc(Cl)c2Cl)ccc1OCC(C)C. The smallest absolute Gasteiger partial charge is 0.266 e. The van der Waals surface area contributed by atoms with Gasteiger partial charge >= 0.3 is 0 Å².